The van der Waals surface area contributed by atoms with Crippen molar-refractivity contribution in [3.05, 3.63) is 12.7 Å². The molecule has 2 aromatic heterocycles. The molecule has 188 valence electrons. The summed E-state index contributed by atoms with van der Waals surface area (Å²) < 4.78 is 12.5. The number of piperidine rings is 1. The van der Waals surface area contributed by atoms with Gasteiger partial charge in [0.25, 0.3) is 0 Å². The fourth-order valence-electron chi connectivity index (χ4n) is 4.49. The molecule has 0 bridgehead atoms. The average Bonchev–Trinajstić information content (AvgIpc) is 3.34. The van der Waals surface area contributed by atoms with Crippen molar-refractivity contribution in [3.8, 4) is 0 Å². The summed E-state index contributed by atoms with van der Waals surface area (Å²) in [4.78, 5) is 27.2. The molecule has 2 fully saturated rings. The predicted molar refractivity (Wildman–Crippen MR) is 122 cm³/mol. The third-order valence-electron chi connectivity index (χ3n) is 6.27. The number of alkyl carbamates (subject to hydrolysis) is 1. The van der Waals surface area contributed by atoms with E-state index in [1.165, 1.54) is 12.7 Å². The number of carbonyl (C=O) groups excluding carboxylic acids is 1. The molecule has 2 aromatic rings. The van der Waals surface area contributed by atoms with E-state index in [1.54, 1.807) is 4.57 Å². The molecule has 0 aromatic carbocycles. The highest BCUT2D eigenvalue weighted by molar-refractivity contribution is 5.83. The van der Waals surface area contributed by atoms with Crippen LogP contribution in [0.2, 0.25) is 0 Å². The summed E-state index contributed by atoms with van der Waals surface area (Å²) in [5.74, 6) is 1.20. The van der Waals surface area contributed by atoms with Crippen LogP contribution in [-0.4, -0.2) is 91.1 Å². The highest BCUT2D eigenvalue weighted by atomic mass is 16.6. The van der Waals surface area contributed by atoms with E-state index in [0.29, 0.717) is 29.4 Å². The van der Waals surface area contributed by atoms with Gasteiger partial charge in [0.2, 0.25) is 0 Å². The Morgan fingerprint density at radius 1 is 1.21 bits per heavy atom. The van der Waals surface area contributed by atoms with Gasteiger partial charge >= 0.3 is 6.09 Å². The van der Waals surface area contributed by atoms with Crippen molar-refractivity contribution in [2.45, 2.75) is 70.2 Å². The minimum absolute atomic E-state index is 0.391. The number of aromatic nitrogens is 4. The molecule has 0 radical (unpaired) electrons. The van der Waals surface area contributed by atoms with Gasteiger partial charge in [0, 0.05) is 19.6 Å². The van der Waals surface area contributed by atoms with E-state index in [-0.39, 0.29) is 0 Å². The quantitative estimate of drug-likeness (QED) is 0.463. The van der Waals surface area contributed by atoms with Gasteiger partial charge in [0.15, 0.2) is 23.2 Å². The van der Waals surface area contributed by atoms with Gasteiger partial charge < -0.3 is 35.0 Å². The van der Waals surface area contributed by atoms with Gasteiger partial charge in [0.1, 0.15) is 30.2 Å². The number of anilines is 1. The first-order valence-electron chi connectivity index (χ1n) is 11.7. The van der Waals surface area contributed by atoms with E-state index in [2.05, 4.69) is 25.2 Å². The molecule has 12 nitrogen and oxygen atoms in total. The number of aliphatic hydroxyl groups excluding tert-OH is 3. The summed E-state index contributed by atoms with van der Waals surface area (Å²) in [6, 6.07) is 0. The Bertz CT molecular complexity index is 986. The number of amides is 1. The van der Waals surface area contributed by atoms with E-state index in [4.69, 9.17) is 9.47 Å². The van der Waals surface area contributed by atoms with E-state index >= 15 is 0 Å². The maximum absolute atomic E-state index is 11.8. The minimum atomic E-state index is -1.21. The normalized spacial score (nSPS) is 26.2. The largest absolute Gasteiger partial charge is 0.444 e. The molecular formula is C22H34N6O6. The summed E-state index contributed by atoms with van der Waals surface area (Å²) in [5, 5.41) is 32.6. The highest BCUT2D eigenvalue weighted by Crippen LogP contribution is 2.33. The first-order valence-corrected chi connectivity index (χ1v) is 11.7. The number of rotatable bonds is 6. The topological polar surface area (TPSA) is 155 Å². The zero-order valence-electron chi connectivity index (χ0n) is 19.8. The number of ether oxygens (including phenoxy) is 2. The van der Waals surface area contributed by atoms with Crippen molar-refractivity contribution in [3.63, 3.8) is 0 Å². The maximum Gasteiger partial charge on any atom is 0.407 e. The number of aliphatic hydroxyl groups is 3. The SMILES string of the molecule is CC(C)(C)OC(=O)NCCC1CCN(c2ncnc3c2ncn3[C@@H]2O[C@H](CO)[C@@H](O)[C@H]2O)CC1. The summed E-state index contributed by atoms with van der Waals surface area (Å²) in [7, 11) is 0. The molecular weight excluding hydrogens is 444 g/mol. The first-order chi connectivity index (χ1) is 16.2. The third-order valence-corrected chi connectivity index (χ3v) is 6.27. The van der Waals surface area contributed by atoms with Crippen molar-refractivity contribution >= 4 is 23.1 Å². The monoisotopic (exact) mass is 478 g/mol. The number of nitrogens with one attached hydrogen (secondary N) is 1. The number of hydrogen-bond acceptors (Lipinski definition) is 10. The molecule has 0 saturated carbocycles. The van der Waals surface area contributed by atoms with Gasteiger partial charge in [-0.3, -0.25) is 4.57 Å². The van der Waals surface area contributed by atoms with Crippen LogP contribution in [0.3, 0.4) is 0 Å². The standard InChI is InChI=1S/C22H34N6O6/c1-22(2,3)34-21(32)23-7-4-13-5-8-27(9-6-13)18-15-19(25-11-24-18)28(12-26-15)20-17(31)16(30)14(10-29)33-20/h11-14,16-17,20,29-31H,4-10H2,1-3H3,(H,23,32)/t14-,16-,17-,20-/m1/s1. The average molecular weight is 479 g/mol. The molecule has 2 saturated heterocycles. The Morgan fingerprint density at radius 3 is 2.59 bits per heavy atom. The molecule has 4 atom stereocenters. The van der Waals surface area contributed by atoms with Crippen LogP contribution in [0.15, 0.2) is 12.7 Å². The van der Waals surface area contributed by atoms with Crippen molar-refractivity contribution in [1.29, 1.82) is 0 Å². The number of carbonyl (C=O) groups is 1. The van der Waals surface area contributed by atoms with Gasteiger partial charge in [-0.1, -0.05) is 0 Å². The smallest absolute Gasteiger partial charge is 0.407 e. The van der Waals surface area contributed by atoms with Crippen LogP contribution in [0.25, 0.3) is 11.2 Å². The van der Waals surface area contributed by atoms with Crippen LogP contribution >= 0.6 is 0 Å². The zero-order valence-corrected chi connectivity index (χ0v) is 19.8. The van der Waals surface area contributed by atoms with Crippen LogP contribution in [0.4, 0.5) is 10.6 Å². The molecule has 4 rings (SSSR count). The number of nitrogens with zero attached hydrogens (tertiary/aromatic N) is 5. The van der Waals surface area contributed by atoms with Crippen molar-refractivity contribution in [2.75, 3.05) is 31.1 Å². The van der Waals surface area contributed by atoms with E-state index < -0.39 is 42.8 Å². The van der Waals surface area contributed by atoms with Crippen LogP contribution < -0.4 is 10.2 Å². The van der Waals surface area contributed by atoms with Crippen LogP contribution in [0.1, 0.15) is 46.3 Å². The molecule has 12 heteroatoms. The van der Waals surface area contributed by atoms with E-state index in [9.17, 15) is 20.1 Å². The Hall–Kier alpha value is -2.54. The number of imidazole rings is 1. The summed E-state index contributed by atoms with van der Waals surface area (Å²) in [6.07, 6.45) is 1.19. The lowest BCUT2D eigenvalue weighted by atomic mass is 9.93. The molecule has 4 heterocycles. The summed E-state index contributed by atoms with van der Waals surface area (Å²) in [6.45, 7) is 7.29. The van der Waals surface area contributed by atoms with Crippen molar-refractivity contribution in [2.24, 2.45) is 5.92 Å². The summed E-state index contributed by atoms with van der Waals surface area (Å²) in [5.41, 5.74) is 0.571. The third kappa shape index (κ3) is 5.24. The van der Waals surface area contributed by atoms with Gasteiger partial charge in [-0.05, 0) is 46.0 Å². The Morgan fingerprint density at radius 2 is 1.94 bits per heavy atom. The highest BCUT2D eigenvalue weighted by Gasteiger charge is 2.44. The lowest BCUT2D eigenvalue weighted by Gasteiger charge is -2.32. The second-order valence-corrected chi connectivity index (χ2v) is 9.90. The van der Waals surface area contributed by atoms with Crippen molar-refractivity contribution in [1.82, 2.24) is 24.8 Å². The molecule has 0 aliphatic carbocycles. The number of fused-ring (bicyclic) bond motifs is 1. The molecule has 2 aliphatic heterocycles. The molecule has 0 spiro atoms. The lowest BCUT2D eigenvalue weighted by molar-refractivity contribution is -0.0511. The maximum atomic E-state index is 11.8. The lowest BCUT2D eigenvalue weighted by Crippen LogP contribution is -2.37. The Labute approximate surface area is 197 Å². The van der Waals surface area contributed by atoms with Crippen molar-refractivity contribution < 1.29 is 29.6 Å². The molecule has 1 amide bonds. The van der Waals surface area contributed by atoms with Gasteiger partial charge in [0.05, 0.1) is 12.9 Å². The molecule has 2 aliphatic rings. The second kappa shape index (κ2) is 9.98. The van der Waals surface area contributed by atoms with E-state index in [1.807, 2.05) is 20.8 Å². The fraction of sp³-hybridized carbons (Fsp3) is 0.727. The van der Waals surface area contributed by atoms with Crippen LogP contribution in [0.5, 0.6) is 0 Å². The van der Waals surface area contributed by atoms with Crippen LogP contribution in [0, 0.1) is 5.92 Å². The van der Waals surface area contributed by atoms with Gasteiger partial charge in [-0.2, -0.15) is 0 Å². The second-order valence-electron chi connectivity index (χ2n) is 9.90. The van der Waals surface area contributed by atoms with Gasteiger partial charge in [-0.25, -0.2) is 19.7 Å². The molecule has 34 heavy (non-hydrogen) atoms. The summed E-state index contributed by atoms with van der Waals surface area (Å²) >= 11 is 0. The van der Waals surface area contributed by atoms with E-state index in [0.717, 1.165) is 32.4 Å². The van der Waals surface area contributed by atoms with Crippen LogP contribution in [-0.2, 0) is 9.47 Å². The predicted octanol–water partition coefficient (Wildman–Crippen LogP) is 0.569. The van der Waals surface area contributed by atoms with Gasteiger partial charge in [-0.15, -0.1) is 0 Å². The fourth-order valence-corrected chi connectivity index (χ4v) is 4.49. The minimum Gasteiger partial charge on any atom is -0.444 e. The first kappa shape index (κ1) is 24.6. The zero-order chi connectivity index (χ0) is 24.5. The number of hydrogen-bond donors (Lipinski definition) is 4. The Kier molecular flexibility index (Phi) is 7.22. The Balaban J connectivity index is 1.36. The molecule has 0 unspecified atom stereocenters. The molecule has 4 N–H and O–H groups in total.